The quantitative estimate of drug-likeness (QED) is 0.705. The molecule has 0 radical (unpaired) electrons. The monoisotopic (exact) mass is 249 g/mol. The van der Waals surface area contributed by atoms with Crippen molar-refractivity contribution in [2.24, 2.45) is 0 Å². The second kappa shape index (κ2) is 5.74. The van der Waals surface area contributed by atoms with Gasteiger partial charge in [-0.05, 0) is 40.8 Å². The van der Waals surface area contributed by atoms with Crippen molar-refractivity contribution in [3.8, 4) is 6.07 Å². The van der Waals surface area contributed by atoms with Crippen molar-refractivity contribution in [2.75, 3.05) is 0 Å². The summed E-state index contributed by atoms with van der Waals surface area (Å²) in [5.41, 5.74) is 2.56. The van der Waals surface area contributed by atoms with Crippen LogP contribution >= 0.6 is 8.19 Å². The molecule has 0 amide bonds. The number of nitrogens with zero attached hydrogens (tertiary/aromatic N) is 1. The van der Waals surface area contributed by atoms with Crippen LogP contribution in [0.5, 0.6) is 0 Å². The molecule has 0 bridgehead atoms. The maximum absolute atomic E-state index is 9.22. The van der Waals surface area contributed by atoms with Crippen molar-refractivity contribution in [3.05, 3.63) is 22.2 Å². The van der Waals surface area contributed by atoms with E-state index in [0.717, 1.165) is 13.8 Å². The minimum Gasteiger partial charge on any atom is -0.192 e. The van der Waals surface area contributed by atoms with Crippen LogP contribution in [-0.4, -0.2) is 0 Å². The minimum atomic E-state index is 0.294. The Morgan fingerprint density at radius 1 is 1.41 bits per heavy atom. The Bertz CT molecular complexity index is 411. The molecule has 0 aromatic carbocycles. The minimum absolute atomic E-state index is 0.294. The van der Waals surface area contributed by atoms with Crippen LogP contribution in [0.1, 0.15) is 76.2 Å². The molecule has 1 heterocycles. The molecule has 2 heteroatoms. The van der Waals surface area contributed by atoms with Crippen molar-refractivity contribution in [3.63, 3.8) is 0 Å². The second-order valence-corrected chi connectivity index (χ2v) is 6.50. The van der Waals surface area contributed by atoms with Gasteiger partial charge in [0.15, 0.2) is 0 Å². The highest BCUT2D eigenvalue weighted by molar-refractivity contribution is 7.30. The van der Waals surface area contributed by atoms with E-state index in [1.165, 1.54) is 24.8 Å². The van der Waals surface area contributed by atoms with E-state index in [4.69, 9.17) is 0 Å². The first kappa shape index (κ1) is 14.3. The van der Waals surface area contributed by atoms with Crippen molar-refractivity contribution in [2.45, 2.75) is 65.2 Å². The molecule has 0 fully saturated rings. The van der Waals surface area contributed by atoms with E-state index in [1.54, 1.807) is 5.30 Å². The Morgan fingerprint density at radius 3 is 2.47 bits per heavy atom. The van der Waals surface area contributed by atoms with Gasteiger partial charge in [-0.2, -0.15) is 5.26 Å². The van der Waals surface area contributed by atoms with Crippen LogP contribution in [0.25, 0.3) is 0 Å². The third-order valence-electron chi connectivity index (χ3n) is 3.80. The third-order valence-corrected chi connectivity index (χ3v) is 5.40. The van der Waals surface area contributed by atoms with E-state index < -0.39 is 0 Å². The SMILES string of the molecule is CCCC(C)(CC)c1[pH]cc(C#N)c1C(C)C. The average Bonchev–Trinajstić information content (AvgIpc) is 2.73. The number of hydrogen-bond donors (Lipinski definition) is 0. The predicted octanol–water partition coefficient (Wildman–Crippen LogP) is 5.18. The lowest BCUT2D eigenvalue weighted by Gasteiger charge is -2.30. The molecule has 2 unspecified atom stereocenters. The summed E-state index contributed by atoms with van der Waals surface area (Å²) in [7, 11) is 0.723. The molecule has 1 aromatic rings. The van der Waals surface area contributed by atoms with Crippen molar-refractivity contribution < 1.29 is 0 Å². The van der Waals surface area contributed by atoms with E-state index in [9.17, 15) is 5.26 Å². The highest BCUT2D eigenvalue weighted by Crippen LogP contribution is 2.44. The first-order chi connectivity index (χ1) is 8.00. The Balaban J connectivity index is 3.30. The van der Waals surface area contributed by atoms with Gasteiger partial charge < -0.3 is 0 Å². The first-order valence-electron chi connectivity index (χ1n) is 6.62. The van der Waals surface area contributed by atoms with Crippen LogP contribution in [0.2, 0.25) is 0 Å². The Morgan fingerprint density at radius 2 is 2.06 bits per heavy atom. The fourth-order valence-electron chi connectivity index (χ4n) is 2.66. The van der Waals surface area contributed by atoms with Gasteiger partial charge in [0, 0.05) is 0 Å². The molecule has 0 aliphatic rings. The van der Waals surface area contributed by atoms with E-state index in [-0.39, 0.29) is 0 Å². The molecule has 17 heavy (non-hydrogen) atoms. The fourth-order valence-corrected chi connectivity index (χ4v) is 4.39. The standard InChI is InChI=1S/C15H24NP/c1-6-8-15(5,7-2)14-13(11(3)4)12(9-16)10-17-14/h10-11,17H,6-8H2,1-5H3. The molecule has 0 aliphatic heterocycles. The van der Waals surface area contributed by atoms with Crippen LogP contribution in [0.15, 0.2) is 5.80 Å². The molecule has 0 saturated heterocycles. The molecule has 0 spiro atoms. The van der Waals surface area contributed by atoms with Gasteiger partial charge in [0.2, 0.25) is 0 Å². The highest BCUT2D eigenvalue weighted by atomic mass is 31.0. The molecule has 1 aromatic heterocycles. The van der Waals surface area contributed by atoms with Crippen molar-refractivity contribution in [1.82, 2.24) is 0 Å². The van der Waals surface area contributed by atoms with E-state index in [2.05, 4.69) is 46.5 Å². The number of rotatable bonds is 5. The molecular weight excluding hydrogens is 225 g/mol. The lowest BCUT2D eigenvalue weighted by Crippen LogP contribution is -2.21. The molecule has 2 atom stereocenters. The lowest BCUT2D eigenvalue weighted by molar-refractivity contribution is 0.418. The fraction of sp³-hybridized carbons (Fsp3) is 0.667. The van der Waals surface area contributed by atoms with Gasteiger partial charge in [0.1, 0.15) is 0 Å². The Labute approximate surface area is 107 Å². The molecule has 94 valence electrons. The summed E-state index contributed by atoms with van der Waals surface area (Å²) in [6.07, 6.45) is 3.62. The van der Waals surface area contributed by atoms with Crippen LogP contribution in [-0.2, 0) is 5.41 Å². The molecule has 1 rings (SSSR count). The zero-order chi connectivity index (χ0) is 13.1. The molecule has 0 saturated carbocycles. The second-order valence-electron chi connectivity index (χ2n) is 5.42. The van der Waals surface area contributed by atoms with E-state index in [0.29, 0.717) is 11.3 Å². The summed E-state index contributed by atoms with van der Waals surface area (Å²) in [6, 6.07) is 2.37. The molecule has 1 nitrogen and oxygen atoms in total. The Hall–Kier alpha value is -0.730. The van der Waals surface area contributed by atoms with Gasteiger partial charge in [-0.15, -0.1) is 8.19 Å². The Kier molecular flexibility index (Phi) is 4.84. The lowest BCUT2D eigenvalue weighted by atomic mass is 9.78. The summed E-state index contributed by atoms with van der Waals surface area (Å²) in [6.45, 7) is 11.3. The summed E-state index contributed by atoms with van der Waals surface area (Å²) >= 11 is 0. The number of nitriles is 1. The van der Waals surface area contributed by atoms with Gasteiger partial charge in [-0.25, -0.2) is 0 Å². The van der Waals surface area contributed by atoms with Gasteiger partial charge in [-0.3, -0.25) is 0 Å². The maximum Gasteiger partial charge on any atom is 0.0998 e. The predicted molar refractivity (Wildman–Crippen MR) is 77.3 cm³/mol. The zero-order valence-electron chi connectivity index (χ0n) is 11.7. The zero-order valence-corrected chi connectivity index (χ0v) is 12.7. The van der Waals surface area contributed by atoms with Crippen LogP contribution in [0, 0.1) is 11.3 Å². The van der Waals surface area contributed by atoms with Crippen LogP contribution in [0.4, 0.5) is 0 Å². The molecule has 0 aliphatic carbocycles. The summed E-state index contributed by atoms with van der Waals surface area (Å²) in [4.78, 5) is 0. The van der Waals surface area contributed by atoms with Crippen LogP contribution < -0.4 is 0 Å². The van der Waals surface area contributed by atoms with Gasteiger partial charge in [-0.1, -0.05) is 41.0 Å². The largest absolute Gasteiger partial charge is 0.192 e. The van der Waals surface area contributed by atoms with Crippen molar-refractivity contribution in [1.29, 1.82) is 5.26 Å². The van der Waals surface area contributed by atoms with E-state index in [1.807, 2.05) is 0 Å². The van der Waals surface area contributed by atoms with Crippen LogP contribution in [0.3, 0.4) is 0 Å². The van der Waals surface area contributed by atoms with Gasteiger partial charge in [0.05, 0.1) is 11.6 Å². The first-order valence-corrected chi connectivity index (χ1v) is 7.69. The molecular formula is C15H24NP. The third kappa shape index (κ3) is 2.75. The summed E-state index contributed by atoms with van der Waals surface area (Å²) in [5.74, 6) is 2.61. The summed E-state index contributed by atoms with van der Waals surface area (Å²) < 4.78 is 0. The van der Waals surface area contributed by atoms with Gasteiger partial charge in [0.25, 0.3) is 0 Å². The number of hydrogen-bond acceptors (Lipinski definition) is 1. The average molecular weight is 249 g/mol. The smallest absolute Gasteiger partial charge is 0.0998 e. The highest BCUT2D eigenvalue weighted by Gasteiger charge is 2.29. The van der Waals surface area contributed by atoms with E-state index >= 15 is 0 Å². The summed E-state index contributed by atoms with van der Waals surface area (Å²) in [5, 5.41) is 10.8. The van der Waals surface area contributed by atoms with Gasteiger partial charge >= 0.3 is 0 Å². The maximum atomic E-state index is 9.22. The molecule has 0 N–H and O–H groups in total. The topological polar surface area (TPSA) is 23.8 Å². The van der Waals surface area contributed by atoms with Crippen molar-refractivity contribution >= 4 is 8.19 Å². The normalized spacial score (nSPS) is 15.1.